The molecule has 4 N–H and O–H groups in total. The number of benzene rings is 1. The van der Waals surface area contributed by atoms with Gasteiger partial charge in [-0.05, 0) is 45.2 Å². The molecule has 1 amide bonds. The molecule has 1 unspecified atom stereocenters. The molecule has 7 nitrogen and oxygen atoms in total. The van der Waals surface area contributed by atoms with Gasteiger partial charge in [-0.25, -0.2) is 9.97 Å². The summed E-state index contributed by atoms with van der Waals surface area (Å²) in [7, 11) is 0. The van der Waals surface area contributed by atoms with Crippen molar-refractivity contribution in [2.75, 3.05) is 11.1 Å². The second-order valence-electron chi connectivity index (χ2n) is 7.52. The largest absolute Gasteiger partial charge is 0.481 e. The number of nitrogens with one attached hydrogen (secondary N) is 1. The first kappa shape index (κ1) is 17.8. The third kappa shape index (κ3) is 2.69. The summed E-state index contributed by atoms with van der Waals surface area (Å²) in [6.45, 7) is 6.85. The number of rotatable bonds is 4. The second kappa shape index (κ2) is 5.79. The summed E-state index contributed by atoms with van der Waals surface area (Å²) in [5.74, 6) is 0.0890. The van der Waals surface area contributed by atoms with Gasteiger partial charge in [-0.1, -0.05) is 24.3 Å². The van der Waals surface area contributed by atoms with Gasteiger partial charge < -0.3 is 16.2 Å². The van der Waals surface area contributed by atoms with Crippen LogP contribution in [0.5, 0.6) is 0 Å². The fourth-order valence-electron chi connectivity index (χ4n) is 3.38. The highest BCUT2D eigenvalue weighted by molar-refractivity contribution is 6.08. The molecular weight excluding hydrogens is 332 g/mol. The Morgan fingerprint density at radius 3 is 2.69 bits per heavy atom. The number of hydrogen-bond acceptors (Lipinski definition) is 5. The van der Waals surface area contributed by atoms with E-state index in [9.17, 15) is 14.7 Å². The van der Waals surface area contributed by atoms with Crippen LogP contribution in [0.15, 0.2) is 24.3 Å². The fourth-order valence-corrected chi connectivity index (χ4v) is 3.38. The molecule has 136 valence electrons. The zero-order valence-corrected chi connectivity index (χ0v) is 15.3. The number of anilines is 2. The van der Waals surface area contributed by atoms with E-state index in [1.807, 2.05) is 24.3 Å². The molecule has 1 aliphatic heterocycles. The van der Waals surface area contributed by atoms with Crippen LogP contribution in [0, 0.1) is 12.3 Å². The van der Waals surface area contributed by atoms with Gasteiger partial charge in [-0.3, -0.25) is 9.59 Å². The van der Waals surface area contributed by atoms with Crippen molar-refractivity contribution in [1.82, 2.24) is 9.97 Å². The molecular formula is C19H22N4O3. The summed E-state index contributed by atoms with van der Waals surface area (Å²) in [4.78, 5) is 32.7. The maximum atomic E-state index is 12.8. The zero-order chi connectivity index (χ0) is 19.3. The minimum absolute atomic E-state index is 0.228. The van der Waals surface area contributed by atoms with Crippen molar-refractivity contribution >= 4 is 23.5 Å². The highest BCUT2D eigenvalue weighted by Gasteiger charge is 2.47. The third-order valence-corrected chi connectivity index (χ3v) is 4.96. The van der Waals surface area contributed by atoms with E-state index in [2.05, 4.69) is 15.3 Å². The van der Waals surface area contributed by atoms with Crippen LogP contribution in [0.3, 0.4) is 0 Å². The van der Waals surface area contributed by atoms with Crippen LogP contribution in [0.25, 0.3) is 0 Å². The van der Waals surface area contributed by atoms with Gasteiger partial charge in [0.25, 0.3) is 0 Å². The molecule has 0 spiro atoms. The lowest BCUT2D eigenvalue weighted by Gasteiger charge is -2.25. The minimum Gasteiger partial charge on any atom is -0.481 e. The first-order chi connectivity index (χ1) is 12.1. The van der Waals surface area contributed by atoms with E-state index < -0.39 is 16.8 Å². The Morgan fingerprint density at radius 1 is 1.35 bits per heavy atom. The Hall–Kier alpha value is -2.96. The van der Waals surface area contributed by atoms with E-state index in [-0.39, 0.29) is 11.7 Å². The predicted molar refractivity (Wildman–Crippen MR) is 97.8 cm³/mol. The monoisotopic (exact) mass is 354 g/mol. The van der Waals surface area contributed by atoms with Crippen molar-refractivity contribution in [1.29, 1.82) is 0 Å². The van der Waals surface area contributed by atoms with Crippen LogP contribution < -0.4 is 11.1 Å². The molecule has 1 atom stereocenters. The molecule has 0 aliphatic carbocycles. The summed E-state index contributed by atoms with van der Waals surface area (Å²) in [5.41, 5.74) is 6.29. The quantitative estimate of drug-likeness (QED) is 0.775. The average Bonchev–Trinajstić information content (AvgIpc) is 2.79. The van der Waals surface area contributed by atoms with Gasteiger partial charge in [-0.15, -0.1) is 0 Å². The molecule has 0 fully saturated rings. The molecule has 0 bridgehead atoms. The molecule has 2 heterocycles. The van der Waals surface area contributed by atoms with Crippen molar-refractivity contribution in [2.24, 2.45) is 5.41 Å². The minimum atomic E-state index is -1.03. The summed E-state index contributed by atoms with van der Waals surface area (Å²) in [6, 6.07) is 7.38. The van der Waals surface area contributed by atoms with E-state index in [0.29, 0.717) is 23.6 Å². The number of nitrogens with two attached hydrogens (primary N) is 1. The van der Waals surface area contributed by atoms with E-state index in [1.54, 1.807) is 27.7 Å². The summed E-state index contributed by atoms with van der Waals surface area (Å²) in [6.07, 6.45) is 0.348. The second-order valence-corrected chi connectivity index (χ2v) is 7.52. The number of nitrogen functional groups attached to an aromatic ring is 1. The van der Waals surface area contributed by atoms with Gasteiger partial charge in [0.2, 0.25) is 5.91 Å². The van der Waals surface area contributed by atoms with Crippen LogP contribution in [0.4, 0.5) is 11.6 Å². The van der Waals surface area contributed by atoms with Gasteiger partial charge in [-0.2, -0.15) is 0 Å². The predicted octanol–water partition coefficient (Wildman–Crippen LogP) is 2.28. The molecule has 0 radical (unpaired) electrons. The molecule has 2 aromatic rings. The summed E-state index contributed by atoms with van der Waals surface area (Å²) in [5, 5.41) is 12.2. The van der Waals surface area contributed by atoms with E-state index in [4.69, 9.17) is 5.73 Å². The zero-order valence-electron chi connectivity index (χ0n) is 15.3. The number of carboxylic acid groups (broad SMARTS) is 1. The number of nitrogens with zero attached hydrogens (tertiary/aromatic N) is 2. The van der Waals surface area contributed by atoms with E-state index in [1.165, 1.54) is 0 Å². The Balaban J connectivity index is 2.09. The molecule has 1 aromatic carbocycles. The summed E-state index contributed by atoms with van der Waals surface area (Å²) >= 11 is 0. The number of aliphatic carboxylic acids is 1. The van der Waals surface area contributed by atoms with Crippen molar-refractivity contribution in [3.05, 3.63) is 46.8 Å². The van der Waals surface area contributed by atoms with Crippen LogP contribution in [0.2, 0.25) is 0 Å². The van der Waals surface area contributed by atoms with Crippen molar-refractivity contribution < 1.29 is 14.7 Å². The van der Waals surface area contributed by atoms with Crippen molar-refractivity contribution in [3.8, 4) is 0 Å². The Morgan fingerprint density at radius 2 is 2.04 bits per heavy atom. The number of carbonyl (C=O) groups is 2. The molecule has 0 saturated heterocycles. The van der Waals surface area contributed by atoms with Crippen LogP contribution >= 0.6 is 0 Å². The molecule has 0 saturated carbocycles. The fraction of sp³-hybridized carbons (Fsp3) is 0.368. The van der Waals surface area contributed by atoms with Crippen molar-refractivity contribution in [3.63, 3.8) is 0 Å². The Bertz CT molecular complexity index is 923. The number of carbonyl (C=O) groups excluding carboxylic acids is 1. The maximum Gasteiger partial charge on any atom is 0.309 e. The highest BCUT2D eigenvalue weighted by atomic mass is 16.4. The number of aryl methyl sites for hydroxylation is 1. The normalized spacial score (nSPS) is 19.2. The average molecular weight is 354 g/mol. The Kier molecular flexibility index (Phi) is 3.98. The molecule has 1 aliphatic rings. The number of hydrogen-bond donors (Lipinski definition) is 3. The van der Waals surface area contributed by atoms with Crippen LogP contribution in [-0.2, 0) is 21.4 Å². The van der Waals surface area contributed by atoms with Crippen molar-refractivity contribution in [2.45, 2.75) is 39.5 Å². The topological polar surface area (TPSA) is 118 Å². The third-order valence-electron chi connectivity index (χ3n) is 4.96. The highest BCUT2D eigenvalue weighted by Crippen LogP contribution is 2.44. The lowest BCUT2D eigenvalue weighted by molar-refractivity contribution is -0.146. The van der Waals surface area contributed by atoms with Gasteiger partial charge in [0.1, 0.15) is 22.9 Å². The SMILES string of the molecule is Cc1nc(N)c2c(n1)NC(=O)C2(C)c1cccc(CC(C)(C)C(=O)O)c1. The van der Waals surface area contributed by atoms with E-state index >= 15 is 0 Å². The lowest BCUT2D eigenvalue weighted by atomic mass is 9.76. The van der Waals surface area contributed by atoms with Crippen LogP contribution in [-0.4, -0.2) is 27.0 Å². The van der Waals surface area contributed by atoms with E-state index in [0.717, 1.165) is 11.1 Å². The van der Waals surface area contributed by atoms with Crippen LogP contribution in [0.1, 0.15) is 43.3 Å². The van der Waals surface area contributed by atoms with Gasteiger partial charge in [0.15, 0.2) is 0 Å². The smallest absolute Gasteiger partial charge is 0.309 e. The van der Waals surface area contributed by atoms with Gasteiger partial charge >= 0.3 is 5.97 Å². The maximum absolute atomic E-state index is 12.8. The first-order valence-electron chi connectivity index (χ1n) is 8.34. The number of amides is 1. The molecule has 1 aromatic heterocycles. The first-order valence-corrected chi connectivity index (χ1v) is 8.34. The lowest BCUT2D eigenvalue weighted by Crippen LogP contribution is -2.33. The van der Waals surface area contributed by atoms with Gasteiger partial charge in [0.05, 0.1) is 11.0 Å². The van der Waals surface area contributed by atoms with Gasteiger partial charge in [0, 0.05) is 0 Å². The molecule has 26 heavy (non-hydrogen) atoms. The standard InChI is InChI=1S/C19H22N4O3/c1-10-21-14(20)13-15(22-10)23-16(24)19(13,4)12-7-5-6-11(8-12)9-18(2,3)17(25)26/h5-8H,9H2,1-4H3,(H,25,26)(H3,20,21,22,23,24). The molecule has 7 heteroatoms. The molecule has 3 rings (SSSR count). The Labute approximate surface area is 151 Å². The summed E-state index contributed by atoms with van der Waals surface area (Å²) < 4.78 is 0. The number of fused-ring (bicyclic) bond motifs is 1. The number of carboxylic acids is 1. The number of aromatic nitrogens is 2.